The van der Waals surface area contributed by atoms with E-state index in [0.717, 1.165) is 24.5 Å². The van der Waals surface area contributed by atoms with Crippen molar-refractivity contribution in [3.05, 3.63) is 47.3 Å². The van der Waals surface area contributed by atoms with E-state index < -0.39 is 58.8 Å². The molecule has 1 aliphatic heterocycles. The first kappa shape index (κ1) is 24.8. The van der Waals surface area contributed by atoms with Gasteiger partial charge in [-0.05, 0) is 18.6 Å². The molecule has 2 heterocycles. The Morgan fingerprint density at radius 3 is 2.31 bits per heavy atom. The molecule has 1 saturated heterocycles. The van der Waals surface area contributed by atoms with Crippen molar-refractivity contribution in [3.63, 3.8) is 0 Å². The van der Waals surface area contributed by atoms with Gasteiger partial charge < -0.3 is 5.73 Å². The molecule has 176 valence electrons. The van der Waals surface area contributed by atoms with Crippen LogP contribution in [-0.4, -0.2) is 50.0 Å². The summed E-state index contributed by atoms with van der Waals surface area (Å²) in [4.78, 5) is 18.2. The van der Waals surface area contributed by atoms with Gasteiger partial charge in [-0.3, -0.25) is 9.69 Å². The fraction of sp³-hybridized carbons (Fsp3) is 0.526. The highest BCUT2D eigenvalue weighted by atomic mass is 35.5. The number of halogens is 8. The van der Waals surface area contributed by atoms with Crippen LogP contribution in [0.25, 0.3) is 0 Å². The average molecular weight is 503 g/mol. The Labute approximate surface area is 189 Å². The topological polar surface area (TPSA) is 72.1 Å². The van der Waals surface area contributed by atoms with E-state index in [1.54, 1.807) is 4.90 Å². The van der Waals surface area contributed by atoms with E-state index in [2.05, 4.69) is 9.97 Å². The summed E-state index contributed by atoms with van der Waals surface area (Å²) in [6.45, 7) is -0.216. The zero-order valence-electron chi connectivity index (χ0n) is 16.4. The maximum atomic E-state index is 14.2. The Morgan fingerprint density at radius 2 is 1.81 bits per heavy atom. The number of aromatic nitrogens is 2. The highest BCUT2D eigenvalue weighted by Gasteiger charge is 2.46. The van der Waals surface area contributed by atoms with Crippen LogP contribution < -0.4 is 5.73 Å². The molecule has 3 rings (SSSR count). The van der Waals surface area contributed by atoms with Crippen LogP contribution in [0.3, 0.4) is 0 Å². The number of nitrogens with two attached hydrogens (primary N) is 1. The third-order valence-corrected chi connectivity index (χ3v) is 6.65. The molecule has 0 aromatic carbocycles. The summed E-state index contributed by atoms with van der Waals surface area (Å²) in [5.74, 6) is -6.13. The van der Waals surface area contributed by atoms with Crippen molar-refractivity contribution in [1.29, 1.82) is 0 Å². The van der Waals surface area contributed by atoms with Gasteiger partial charge in [-0.25, -0.2) is 23.1 Å². The second-order valence-electron chi connectivity index (χ2n) is 7.73. The molecular weight excluding hydrogens is 485 g/mol. The maximum Gasteiger partial charge on any atom is 0.451 e. The highest BCUT2D eigenvalue weighted by Crippen LogP contribution is 2.45. The minimum absolute atomic E-state index is 0.108. The van der Waals surface area contributed by atoms with Crippen LogP contribution in [0.5, 0.6) is 0 Å². The largest absolute Gasteiger partial charge is 0.451 e. The number of amides is 1. The van der Waals surface area contributed by atoms with E-state index >= 15 is 0 Å². The van der Waals surface area contributed by atoms with E-state index in [0.29, 0.717) is 0 Å². The molecular formula is C19H18Cl2F6N4O. The summed E-state index contributed by atoms with van der Waals surface area (Å²) in [6, 6.07) is -0.886. The number of hydrogen-bond donors (Lipinski definition) is 1. The van der Waals surface area contributed by atoms with Crippen molar-refractivity contribution in [1.82, 2.24) is 14.9 Å². The van der Waals surface area contributed by atoms with E-state index in [-0.39, 0.29) is 30.6 Å². The van der Waals surface area contributed by atoms with Gasteiger partial charge in [0.15, 0.2) is 0 Å². The SMILES string of the molecule is NC(=O)C1=CC(F)=CC(Cl)(CC(c2cnc(C(F)(F)F)nc2)N2CCC(F)(F)CC2)C1Cl. The van der Waals surface area contributed by atoms with Crippen molar-refractivity contribution < 1.29 is 31.1 Å². The number of carbonyl (C=O) groups excluding carboxylic acids is 1. The zero-order chi connectivity index (χ0) is 23.9. The number of alkyl halides is 7. The minimum Gasteiger partial charge on any atom is -0.366 e. The number of nitrogens with zero attached hydrogens (tertiary/aromatic N) is 3. The number of likely N-dealkylation sites (tertiary alicyclic amines) is 1. The van der Waals surface area contributed by atoms with Crippen LogP contribution in [0.4, 0.5) is 26.3 Å². The van der Waals surface area contributed by atoms with Gasteiger partial charge in [0.25, 0.3) is 5.92 Å². The minimum atomic E-state index is -4.77. The van der Waals surface area contributed by atoms with Crippen LogP contribution in [0, 0.1) is 0 Å². The van der Waals surface area contributed by atoms with Gasteiger partial charge in [-0.15, -0.1) is 23.2 Å². The second kappa shape index (κ2) is 8.83. The molecule has 3 atom stereocenters. The number of carbonyl (C=O) groups is 1. The predicted octanol–water partition coefficient (Wildman–Crippen LogP) is 4.52. The molecule has 0 bridgehead atoms. The smallest absolute Gasteiger partial charge is 0.366 e. The molecule has 1 aromatic rings. The van der Waals surface area contributed by atoms with Crippen LogP contribution in [0.15, 0.2) is 35.9 Å². The van der Waals surface area contributed by atoms with Crippen molar-refractivity contribution >= 4 is 29.1 Å². The molecule has 1 amide bonds. The summed E-state index contributed by atoms with van der Waals surface area (Å²) in [7, 11) is 0. The van der Waals surface area contributed by atoms with Crippen LogP contribution >= 0.6 is 23.2 Å². The van der Waals surface area contributed by atoms with Crippen molar-refractivity contribution in [2.45, 2.75) is 47.7 Å². The molecule has 1 fully saturated rings. The molecule has 1 aromatic heterocycles. The Bertz CT molecular complexity index is 927. The van der Waals surface area contributed by atoms with E-state index in [4.69, 9.17) is 28.9 Å². The summed E-state index contributed by atoms with van der Waals surface area (Å²) < 4.78 is 80.1. The number of allylic oxidation sites excluding steroid dienone is 3. The van der Waals surface area contributed by atoms with Gasteiger partial charge in [0.2, 0.25) is 11.7 Å². The monoisotopic (exact) mass is 502 g/mol. The Hall–Kier alpha value is -1.85. The van der Waals surface area contributed by atoms with E-state index in [1.165, 1.54) is 0 Å². The van der Waals surface area contributed by atoms with Gasteiger partial charge in [-0.1, -0.05) is 0 Å². The van der Waals surface area contributed by atoms with Crippen molar-refractivity contribution in [2.24, 2.45) is 5.73 Å². The van der Waals surface area contributed by atoms with Crippen molar-refractivity contribution in [2.75, 3.05) is 13.1 Å². The standard InChI is InChI=1S/C19H18Cl2F6N4O/c20-14-12(15(28)32)5-11(22)6-17(14,21)7-13(31-3-1-18(23,24)2-4-31)10-8-29-16(30-9-10)19(25,26)27/h5-6,8-9,13-14H,1-4,7H2,(H2,28,32). The first-order valence-corrected chi connectivity index (χ1v) is 10.3. The fourth-order valence-electron chi connectivity index (χ4n) is 3.76. The first-order valence-electron chi connectivity index (χ1n) is 9.46. The molecule has 32 heavy (non-hydrogen) atoms. The maximum absolute atomic E-state index is 14.2. The number of rotatable bonds is 5. The fourth-order valence-corrected chi connectivity index (χ4v) is 4.45. The number of primary amides is 1. The summed E-state index contributed by atoms with van der Waals surface area (Å²) >= 11 is 12.9. The molecule has 2 aliphatic rings. The quantitative estimate of drug-likeness (QED) is 0.474. The van der Waals surface area contributed by atoms with Gasteiger partial charge in [0, 0.05) is 55.5 Å². The number of piperidine rings is 1. The zero-order valence-corrected chi connectivity index (χ0v) is 17.9. The lowest BCUT2D eigenvalue weighted by atomic mass is 9.84. The van der Waals surface area contributed by atoms with Gasteiger partial charge in [0.1, 0.15) is 5.83 Å². The van der Waals surface area contributed by atoms with Gasteiger partial charge in [-0.2, -0.15) is 13.2 Å². The lowest BCUT2D eigenvalue weighted by Crippen LogP contribution is -2.46. The third kappa shape index (κ3) is 5.37. The normalized spacial score (nSPS) is 27.4. The molecule has 1 aliphatic carbocycles. The van der Waals surface area contributed by atoms with Crippen LogP contribution in [0.2, 0.25) is 0 Å². The summed E-state index contributed by atoms with van der Waals surface area (Å²) in [5, 5.41) is -1.27. The Balaban J connectivity index is 1.96. The Kier molecular flexibility index (Phi) is 6.84. The predicted molar refractivity (Wildman–Crippen MR) is 105 cm³/mol. The highest BCUT2D eigenvalue weighted by molar-refractivity contribution is 6.36. The molecule has 13 heteroatoms. The molecule has 3 unspecified atom stereocenters. The summed E-state index contributed by atoms with van der Waals surface area (Å²) in [6.07, 6.45) is -2.32. The molecule has 2 N–H and O–H groups in total. The van der Waals surface area contributed by atoms with Crippen LogP contribution in [-0.2, 0) is 11.0 Å². The van der Waals surface area contributed by atoms with E-state index in [9.17, 15) is 31.1 Å². The van der Waals surface area contributed by atoms with Crippen LogP contribution in [0.1, 0.15) is 36.7 Å². The molecule has 5 nitrogen and oxygen atoms in total. The summed E-state index contributed by atoms with van der Waals surface area (Å²) in [5.41, 5.74) is 5.11. The molecule has 0 spiro atoms. The van der Waals surface area contributed by atoms with Gasteiger partial charge in [0.05, 0.1) is 10.3 Å². The Morgan fingerprint density at radius 1 is 1.25 bits per heavy atom. The first-order chi connectivity index (χ1) is 14.7. The molecule has 0 saturated carbocycles. The van der Waals surface area contributed by atoms with E-state index in [1.807, 2.05) is 0 Å². The van der Waals surface area contributed by atoms with Gasteiger partial charge >= 0.3 is 6.18 Å². The second-order valence-corrected chi connectivity index (χ2v) is 8.87. The van der Waals surface area contributed by atoms with Crippen molar-refractivity contribution in [3.8, 4) is 0 Å². The molecule has 0 radical (unpaired) electrons. The average Bonchev–Trinajstić information content (AvgIpc) is 2.68. The third-order valence-electron chi connectivity index (χ3n) is 5.44. The lowest BCUT2D eigenvalue weighted by molar-refractivity contribution is -0.145. The number of hydrogen-bond acceptors (Lipinski definition) is 4. The lowest BCUT2D eigenvalue weighted by Gasteiger charge is -2.42.